The minimum atomic E-state index is 0.0317. The summed E-state index contributed by atoms with van der Waals surface area (Å²) in [5, 5.41) is 3.63. The topological polar surface area (TPSA) is 64.0 Å². The lowest BCUT2D eigenvalue weighted by Crippen LogP contribution is -2.24. The third-order valence-corrected chi connectivity index (χ3v) is 6.34. The van der Waals surface area contributed by atoms with E-state index in [1.54, 1.807) is 24.3 Å². The number of carbonyl (C=O) groups excluding carboxylic acids is 2. The van der Waals surface area contributed by atoms with Gasteiger partial charge in [0.25, 0.3) is 0 Å². The van der Waals surface area contributed by atoms with Gasteiger partial charge < -0.3 is 9.88 Å². The molecule has 1 amide bonds. The highest BCUT2D eigenvalue weighted by atomic mass is 35.5. The fourth-order valence-electron chi connectivity index (χ4n) is 4.17. The summed E-state index contributed by atoms with van der Waals surface area (Å²) >= 11 is 5.96. The second kappa shape index (κ2) is 12.3. The zero-order valence-electron chi connectivity index (χ0n) is 19.8. The summed E-state index contributed by atoms with van der Waals surface area (Å²) in [6.45, 7) is 0.925. The van der Waals surface area contributed by atoms with Crippen LogP contribution in [-0.4, -0.2) is 27.8 Å². The van der Waals surface area contributed by atoms with Gasteiger partial charge in [-0.15, -0.1) is 0 Å². The summed E-state index contributed by atoms with van der Waals surface area (Å²) in [4.78, 5) is 29.8. The number of carbonyl (C=O) groups is 2. The minimum absolute atomic E-state index is 0.0317. The maximum Gasteiger partial charge on any atom is 0.220 e. The molecule has 0 aliphatic carbocycles. The molecule has 3 aromatic carbocycles. The molecule has 5 nitrogen and oxygen atoms in total. The van der Waals surface area contributed by atoms with Gasteiger partial charge in [0.15, 0.2) is 5.78 Å². The van der Waals surface area contributed by atoms with Crippen LogP contribution < -0.4 is 5.32 Å². The average molecular weight is 488 g/mol. The lowest BCUT2D eigenvalue weighted by atomic mass is 10.1. The number of halogens is 1. The van der Waals surface area contributed by atoms with Crippen LogP contribution in [0.1, 0.15) is 47.4 Å². The molecule has 35 heavy (non-hydrogen) atoms. The van der Waals surface area contributed by atoms with Gasteiger partial charge >= 0.3 is 0 Å². The molecule has 0 aliphatic rings. The van der Waals surface area contributed by atoms with Gasteiger partial charge in [-0.3, -0.25) is 9.59 Å². The largest absolute Gasteiger partial charge is 0.356 e. The molecular formula is C29H30ClN3O2. The number of para-hydroxylation sites is 2. The van der Waals surface area contributed by atoms with Crippen LogP contribution in [0.15, 0.2) is 78.9 Å². The summed E-state index contributed by atoms with van der Waals surface area (Å²) in [5.74, 6) is 1.04. The number of hydrogen-bond acceptors (Lipinski definition) is 3. The molecule has 0 aliphatic heterocycles. The minimum Gasteiger partial charge on any atom is -0.356 e. The predicted molar refractivity (Wildman–Crippen MR) is 141 cm³/mol. The number of unbranched alkanes of at least 4 members (excludes halogenated alkanes) is 2. The Hall–Kier alpha value is -3.44. The van der Waals surface area contributed by atoms with Gasteiger partial charge in [-0.2, -0.15) is 0 Å². The van der Waals surface area contributed by atoms with E-state index in [4.69, 9.17) is 16.6 Å². The Bertz CT molecular complexity index is 1270. The standard InChI is InChI=1S/C29H30ClN3O2/c30-24-17-15-23(16-18-24)27(34)21-33-26-12-7-6-11-25(26)32-28(33)13-5-2-8-20-31-29(35)19-14-22-9-3-1-4-10-22/h1,3-4,6-7,9-12,15-18H,2,5,8,13-14,19-21H2,(H,31,35). The normalized spacial score (nSPS) is 11.0. The van der Waals surface area contributed by atoms with Gasteiger partial charge in [-0.05, 0) is 61.2 Å². The molecule has 0 unspecified atom stereocenters. The number of nitrogens with zero attached hydrogens (tertiary/aromatic N) is 2. The quantitative estimate of drug-likeness (QED) is 0.196. The molecule has 180 valence electrons. The second-order valence-electron chi connectivity index (χ2n) is 8.68. The Balaban J connectivity index is 1.26. The van der Waals surface area contributed by atoms with Crippen molar-refractivity contribution in [3.63, 3.8) is 0 Å². The van der Waals surface area contributed by atoms with Gasteiger partial charge in [0, 0.05) is 30.0 Å². The van der Waals surface area contributed by atoms with Crippen LogP contribution in [0, 0.1) is 0 Å². The van der Waals surface area contributed by atoms with E-state index in [0.717, 1.165) is 49.0 Å². The summed E-state index contributed by atoms with van der Waals surface area (Å²) < 4.78 is 2.03. The number of fused-ring (bicyclic) bond motifs is 1. The van der Waals surface area contributed by atoms with Gasteiger partial charge in [0.2, 0.25) is 5.91 Å². The van der Waals surface area contributed by atoms with Crippen molar-refractivity contribution < 1.29 is 9.59 Å². The summed E-state index contributed by atoms with van der Waals surface area (Å²) in [6.07, 6.45) is 4.89. The lowest BCUT2D eigenvalue weighted by Gasteiger charge is -2.09. The van der Waals surface area contributed by atoms with E-state index in [1.165, 1.54) is 5.56 Å². The Morgan fingerprint density at radius 3 is 2.37 bits per heavy atom. The maximum absolute atomic E-state index is 12.9. The van der Waals surface area contributed by atoms with Crippen LogP contribution in [0.3, 0.4) is 0 Å². The summed E-state index contributed by atoms with van der Waals surface area (Å²) in [6, 6.07) is 25.0. The number of aromatic nitrogens is 2. The van der Waals surface area contributed by atoms with E-state index in [2.05, 4.69) is 5.32 Å². The highest BCUT2D eigenvalue weighted by molar-refractivity contribution is 6.30. The Morgan fingerprint density at radius 2 is 1.57 bits per heavy atom. The van der Waals surface area contributed by atoms with Crippen molar-refractivity contribution in [2.45, 2.75) is 45.1 Å². The van der Waals surface area contributed by atoms with Gasteiger partial charge in [-0.1, -0.05) is 60.5 Å². The van der Waals surface area contributed by atoms with E-state index in [0.29, 0.717) is 23.6 Å². The summed E-state index contributed by atoms with van der Waals surface area (Å²) in [7, 11) is 0. The predicted octanol–water partition coefficient (Wildman–Crippen LogP) is 6.03. The first-order valence-electron chi connectivity index (χ1n) is 12.1. The van der Waals surface area contributed by atoms with Crippen molar-refractivity contribution >= 4 is 34.3 Å². The first-order chi connectivity index (χ1) is 17.1. The van der Waals surface area contributed by atoms with Crippen LogP contribution in [0.5, 0.6) is 0 Å². The van der Waals surface area contributed by atoms with Crippen molar-refractivity contribution in [3.05, 3.63) is 101 Å². The van der Waals surface area contributed by atoms with Gasteiger partial charge in [-0.25, -0.2) is 4.98 Å². The van der Waals surface area contributed by atoms with Crippen molar-refractivity contribution in [2.75, 3.05) is 6.54 Å². The number of hydrogen-bond donors (Lipinski definition) is 1. The zero-order chi connectivity index (χ0) is 24.5. The molecule has 0 saturated carbocycles. The van der Waals surface area contributed by atoms with Crippen molar-refractivity contribution in [1.29, 1.82) is 0 Å². The molecule has 4 aromatic rings. The molecule has 1 heterocycles. The van der Waals surface area contributed by atoms with Crippen LogP contribution >= 0.6 is 11.6 Å². The Kier molecular flexibility index (Phi) is 8.68. The fraction of sp³-hybridized carbons (Fsp3) is 0.276. The van der Waals surface area contributed by atoms with Crippen molar-refractivity contribution in [2.24, 2.45) is 0 Å². The molecule has 0 atom stereocenters. The first kappa shape index (κ1) is 24.7. The Labute approximate surface area is 211 Å². The number of benzene rings is 3. The van der Waals surface area contributed by atoms with Crippen LogP contribution in [0.25, 0.3) is 11.0 Å². The van der Waals surface area contributed by atoms with Crippen molar-refractivity contribution in [1.82, 2.24) is 14.9 Å². The number of ketones is 1. The molecule has 0 radical (unpaired) electrons. The molecule has 6 heteroatoms. The van der Waals surface area contributed by atoms with E-state index in [9.17, 15) is 9.59 Å². The van der Waals surface area contributed by atoms with Crippen LogP contribution in [-0.2, 0) is 24.2 Å². The number of Topliss-reactive ketones (excluding diaryl/α,β-unsaturated/α-hetero) is 1. The highest BCUT2D eigenvalue weighted by Crippen LogP contribution is 2.19. The maximum atomic E-state index is 12.9. The average Bonchev–Trinajstić information content (AvgIpc) is 3.23. The number of amides is 1. The van der Waals surface area contributed by atoms with Gasteiger partial charge in [0.1, 0.15) is 5.82 Å². The zero-order valence-corrected chi connectivity index (χ0v) is 20.5. The van der Waals surface area contributed by atoms with Gasteiger partial charge in [0.05, 0.1) is 17.6 Å². The number of rotatable bonds is 12. The number of nitrogens with one attached hydrogen (secondary N) is 1. The molecule has 0 fully saturated rings. The van der Waals surface area contributed by atoms with Crippen molar-refractivity contribution in [3.8, 4) is 0 Å². The lowest BCUT2D eigenvalue weighted by molar-refractivity contribution is -0.121. The molecule has 1 N–H and O–H groups in total. The van der Waals surface area contributed by atoms with Crippen LogP contribution in [0.4, 0.5) is 0 Å². The highest BCUT2D eigenvalue weighted by Gasteiger charge is 2.15. The second-order valence-corrected chi connectivity index (χ2v) is 9.12. The molecule has 1 aromatic heterocycles. The monoisotopic (exact) mass is 487 g/mol. The third kappa shape index (κ3) is 7.03. The molecule has 0 spiro atoms. The smallest absolute Gasteiger partial charge is 0.220 e. The SMILES string of the molecule is O=C(CCc1ccccc1)NCCCCCc1nc2ccccc2n1CC(=O)c1ccc(Cl)cc1. The number of aryl methyl sites for hydroxylation is 2. The first-order valence-corrected chi connectivity index (χ1v) is 12.5. The fourth-order valence-corrected chi connectivity index (χ4v) is 4.29. The van der Waals surface area contributed by atoms with E-state index in [1.807, 2.05) is 59.2 Å². The third-order valence-electron chi connectivity index (χ3n) is 6.08. The van der Waals surface area contributed by atoms with E-state index >= 15 is 0 Å². The van der Waals surface area contributed by atoms with E-state index in [-0.39, 0.29) is 18.2 Å². The number of imidazole rings is 1. The Morgan fingerprint density at radius 1 is 0.829 bits per heavy atom. The molecule has 4 rings (SSSR count). The van der Waals surface area contributed by atoms with Crippen LogP contribution in [0.2, 0.25) is 5.02 Å². The molecular weight excluding hydrogens is 458 g/mol. The van der Waals surface area contributed by atoms with E-state index < -0.39 is 0 Å². The molecule has 0 saturated heterocycles. The summed E-state index contributed by atoms with van der Waals surface area (Å²) in [5.41, 5.74) is 3.69. The molecule has 0 bridgehead atoms.